The molecule has 1 fully saturated rings. The lowest BCUT2D eigenvalue weighted by Gasteiger charge is -2.36. The normalized spacial score (nSPS) is 21.7. The Kier molecular flexibility index (Phi) is 2.37. The smallest absolute Gasteiger partial charge is 0.111 e. The average Bonchev–Trinajstić information content (AvgIpc) is 2.82. The van der Waals surface area contributed by atoms with Crippen molar-refractivity contribution < 1.29 is 0 Å². The van der Waals surface area contributed by atoms with Gasteiger partial charge in [0.1, 0.15) is 6.54 Å². The van der Waals surface area contributed by atoms with Gasteiger partial charge in [0.2, 0.25) is 0 Å². The zero-order valence-electron chi connectivity index (χ0n) is 8.95. The Bertz CT molecular complexity index is 342. The van der Waals surface area contributed by atoms with Crippen LogP contribution >= 0.6 is 0 Å². The second kappa shape index (κ2) is 3.86. The van der Waals surface area contributed by atoms with E-state index in [2.05, 4.69) is 40.8 Å². The molecule has 1 saturated heterocycles. The van der Waals surface area contributed by atoms with Crippen LogP contribution in [0.1, 0.15) is 24.8 Å². The van der Waals surface area contributed by atoms with E-state index in [0.29, 0.717) is 0 Å². The van der Waals surface area contributed by atoms with Crippen molar-refractivity contribution in [3.63, 3.8) is 0 Å². The van der Waals surface area contributed by atoms with Crippen molar-refractivity contribution in [2.45, 2.75) is 25.7 Å². The number of para-hydroxylation sites is 1. The largest absolute Gasteiger partial charge is 0.294 e. The van der Waals surface area contributed by atoms with Crippen molar-refractivity contribution >= 4 is 5.69 Å². The number of hydrogen-bond acceptors (Lipinski definition) is 2. The lowest BCUT2D eigenvalue weighted by atomic mass is 10.0. The second-order valence-corrected chi connectivity index (χ2v) is 4.26. The topological polar surface area (TPSA) is 6.48 Å². The summed E-state index contributed by atoms with van der Waals surface area (Å²) in [5, 5.41) is 4.67. The fourth-order valence-electron chi connectivity index (χ4n) is 2.46. The Labute approximate surface area is 91.5 Å². The standard InChI is InChI=1S/C13H16N2/c1-2-8-13-12(6-1)7-5-11-15(13)14-9-3-4-10-14/h1-2,6,8H,3-5,7,9-10H2. The number of fused-ring (bicyclic) bond motifs is 1. The fourth-order valence-corrected chi connectivity index (χ4v) is 2.46. The molecule has 0 amide bonds. The zero-order valence-corrected chi connectivity index (χ0v) is 8.95. The monoisotopic (exact) mass is 200 g/mol. The van der Waals surface area contributed by atoms with Gasteiger partial charge >= 0.3 is 0 Å². The van der Waals surface area contributed by atoms with Crippen molar-refractivity contribution in [3.8, 4) is 0 Å². The van der Waals surface area contributed by atoms with Gasteiger partial charge in [0, 0.05) is 13.1 Å². The molecule has 2 aliphatic rings. The number of benzene rings is 1. The third kappa shape index (κ3) is 1.63. The minimum atomic E-state index is 1.05. The molecule has 1 aromatic carbocycles. The summed E-state index contributed by atoms with van der Waals surface area (Å²) in [5.41, 5.74) is 2.80. The SMILES string of the molecule is [C]1CCc2ccccc2N1N1CCCC1. The maximum absolute atomic E-state index is 3.48. The molecule has 15 heavy (non-hydrogen) atoms. The number of hydrazine groups is 1. The first kappa shape index (κ1) is 9.22. The van der Waals surface area contributed by atoms with Crippen LogP contribution in [-0.4, -0.2) is 18.1 Å². The first-order chi connectivity index (χ1) is 7.45. The quantitative estimate of drug-likeness (QED) is 0.687. The van der Waals surface area contributed by atoms with E-state index in [4.69, 9.17) is 0 Å². The van der Waals surface area contributed by atoms with E-state index in [1.165, 1.54) is 37.2 Å². The number of nitrogens with zero attached hydrogens (tertiary/aromatic N) is 2. The van der Waals surface area contributed by atoms with Crippen LogP contribution in [0.5, 0.6) is 0 Å². The van der Waals surface area contributed by atoms with E-state index in [9.17, 15) is 0 Å². The van der Waals surface area contributed by atoms with Crippen LogP contribution in [0.2, 0.25) is 0 Å². The van der Waals surface area contributed by atoms with E-state index >= 15 is 0 Å². The summed E-state index contributed by atoms with van der Waals surface area (Å²) in [6.45, 7) is 5.84. The molecular weight excluding hydrogens is 184 g/mol. The van der Waals surface area contributed by atoms with Crippen LogP contribution in [0.4, 0.5) is 5.69 Å². The Morgan fingerprint density at radius 1 is 1.07 bits per heavy atom. The van der Waals surface area contributed by atoms with Gasteiger partial charge in [0.15, 0.2) is 0 Å². The summed E-state index contributed by atoms with van der Waals surface area (Å²) in [4.78, 5) is 0. The first-order valence-corrected chi connectivity index (χ1v) is 5.81. The van der Waals surface area contributed by atoms with Gasteiger partial charge in [-0.15, -0.1) is 0 Å². The van der Waals surface area contributed by atoms with Gasteiger partial charge < -0.3 is 0 Å². The number of rotatable bonds is 1. The van der Waals surface area contributed by atoms with Crippen LogP contribution in [0.25, 0.3) is 0 Å². The van der Waals surface area contributed by atoms with Crippen molar-refractivity contribution in [1.29, 1.82) is 0 Å². The number of hydrogen-bond donors (Lipinski definition) is 0. The van der Waals surface area contributed by atoms with Crippen molar-refractivity contribution in [2.75, 3.05) is 18.1 Å². The molecule has 0 aliphatic carbocycles. The van der Waals surface area contributed by atoms with Crippen molar-refractivity contribution in [3.05, 3.63) is 36.4 Å². The van der Waals surface area contributed by atoms with Crippen LogP contribution in [0, 0.1) is 6.54 Å². The van der Waals surface area contributed by atoms with Gasteiger partial charge in [-0.3, -0.25) is 5.01 Å². The summed E-state index contributed by atoms with van der Waals surface area (Å²) in [7, 11) is 0. The van der Waals surface area contributed by atoms with E-state index in [1.807, 2.05) is 0 Å². The molecule has 0 unspecified atom stereocenters. The van der Waals surface area contributed by atoms with Crippen LogP contribution < -0.4 is 5.01 Å². The molecule has 2 radical (unpaired) electrons. The van der Waals surface area contributed by atoms with Crippen LogP contribution in [0.3, 0.4) is 0 Å². The molecule has 78 valence electrons. The molecule has 2 nitrogen and oxygen atoms in total. The molecule has 2 heterocycles. The highest BCUT2D eigenvalue weighted by molar-refractivity contribution is 5.56. The van der Waals surface area contributed by atoms with Gasteiger partial charge in [-0.2, -0.15) is 0 Å². The van der Waals surface area contributed by atoms with E-state index in [1.54, 1.807) is 0 Å². The van der Waals surface area contributed by atoms with Crippen LogP contribution in [-0.2, 0) is 6.42 Å². The van der Waals surface area contributed by atoms with E-state index in [0.717, 1.165) is 12.8 Å². The highest BCUT2D eigenvalue weighted by atomic mass is 15.6. The Hall–Kier alpha value is -1.02. The molecular formula is C13H16N2. The van der Waals surface area contributed by atoms with Crippen molar-refractivity contribution in [1.82, 2.24) is 5.01 Å². The summed E-state index contributed by atoms with van der Waals surface area (Å²) in [6.07, 6.45) is 4.83. The predicted octanol–water partition coefficient (Wildman–Crippen LogP) is 2.49. The summed E-state index contributed by atoms with van der Waals surface area (Å²) >= 11 is 0. The Balaban J connectivity index is 1.91. The summed E-state index contributed by atoms with van der Waals surface area (Å²) in [6, 6.07) is 8.69. The first-order valence-electron chi connectivity index (χ1n) is 5.81. The number of aryl methyl sites for hydroxylation is 1. The molecule has 0 spiro atoms. The molecule has 0 atom stereocenters. The Morgan fingerprint density at radius 3 is 2.73 bits per heavy atom. The highest BCUT2D eigenvalue weighted by Crippen LogP contribution is 2.31. The minimum absolute atomic E-state index is 1.05. The van der Waals surface area contributed by atoms with Crippen LogP contribution in [0.15, 0.2) is 24.3 Å². The van der Waals surface area contributed by atoms with E-state index < -0.39 is 0 Å². The third-order valence-corrected chi connectivity index (χ3v) is 3.24. The molecule has 3 rings (SSSR count). The minimum Gasteiger partial charge on any atom is -0.294 e. The van der Waals surface area contributed by atoms with Gasteiger partial charge in [0.25, 0.3) is 0 Å². The molecule has 0 bridgehead atoms. The van der Waals surface area contributed by atoms with Gasteiger partial charge in [-0.1, -0.05) is 18.2 Å². The molecule has 2 heteroatoms. The predicted molar refractivity (Wildman–Crippen MR) is 61.3 cm³/mol. The van der Waals surface area contributed by atoms with Gasteiger partial charge in [0.05, 0.1) is 5.69 Å². The van der Waals surface area contributed by atoms with Gasteiger partial charge in [-0.25, -0.2) is 5.01 Å². The summed E-state index contributed by atoms with van der Waals surface area (Å²) in [5.74, 6) is 0. The third-order valence-electron chi connectivity index (χ3n) is 3.24. The molecule has 0 N–H and O–H groups in total. The molecule has 0 aromatic heterocycles. The summed E-state index contributed by atoms with van der Waals surface area (Å²) < 4.78 is 0. The molecule has 1 aromatic rings. The zero-order chi connectivity index (χ0) is 10.1. The van der Waals surface area contributed by atoms with E-state index in [-0.39, 0.29) is 0 Å². The molecule has 0 saturated carbocycles. The maximum atomic E-state index is 3.48. The average molecular weight is 200 g/mol. The maximum Gasteiger partial charge on any atom is 0.111 e. The van der Waals surface area contributed by atoms with Crippen molar-refractivity contribution in [2.24, 2.45) is 0 Å². The second-order valence-electron chi connectivity index (χ2n) is 4.26. The Morgan fingerprint density at radius 2 is 1.87 bits per heavy atom. The molecule has 2 aliphatic heterocycles. The highest BCUT2D eigenvalue weighted by Gasteiger charge is 2.24. The van der Waals surface area contributed by atoms with Gasteiger partial charge in [-0.05, 0) is 37.3 Å². The fraction of sp³-hybridized carbons (Fsp3) is 0.462. The number of anilines is 1. The lowest BCUT2D eigenvalue weighted by Crippen LogP contribution is -2.41. The lowest BCUT2D eigenvalue weighted by molar-refractivity contribution is 0.320.